The van der Waals surface area contributed by atoms with Crippen LogP contribution in [0, 0.1) is 0 Å². The molecule has 0 spiro atoms. The van der Waals surface area contributed by atoms with Gasteiger partial charge in [0.1, 0.15) is 0 Å². The van der Waals surface area contributed by atoms with Gasteiger partial charge in [0.2, 0.25) is 0 Å². The fraction of sp³-hybridized carbons (Fsp3) is 0. The maximum absolute atomic E-state index is 2.49. The Balaban J connectivity index is 1.19. The van der Waals surface area contributed by atoms with Crippen molar-refractivity contribution >= 4 is 54.4 Å². The van der Waals surface area contributed by atoms with Gasteiger partial charge in [0.05, 0.1) is 27.8 Å². The zero-order valence-corrected chi connectivity index (χ0v) is 29.5. The molecule has 54 heavy (non-hydrogen) atoms. The van der Waals surface area contributed by atoms with Crippen LogP contribution in [0.5, 0.6) is 0 Å². The quantitative estimate of drug-likeness (QED) is 0.171. The predicted molar refractivity (Wildman–Crippen MR) is 229 cm³/mol. The molecule has 9 aromatic carbocycles. The highest BCUT2D eigenvalue weighted by Crippen LogP contribution is 2.45. The number of aromatic nitrogens is 2. The standard InChI is InChI=1S/C52H34N2/c1-3-16-35(17-4-1)37-31-33-50-47(34-37)43-25-12-14-29-49(43)54(50)48-28-13-11-24-42(48)40-22-9-10-23-41(40)44-26-15-27-45-46-32-30-36-18-7-8-21-39(36)51(46)53(52(44)45)38-19-5-2-6-20-38/h1-34H. The summed E-state index contributed by atoms with van der Waals surface area (Å²) in [5.74, 6) is 0. The van der Waals surface area contributed by atoms with Gasteiger partial charge in [-0.15, -0.1) is 0 Å². The lowest BCUT2D eigenvalue weighted by molar-refractivity contribution is 1.18. The first-order valence-corrected chi connectivity index (χ1v) is 18.6. The van der Waals surface area contributed by atoms with Crippen LogP contribution in [0.25, 0.3) is 99.1 Å². The molecule has 0 unspecified atom stereocenters. The van der Waals surface area contributed by atoms with Crippen LogP contribution in [0.1, 0.15) is 0 Å². The third-order valence-corrected chi connectivity index (χ3v) is 11.1. The van der Waals surface area contributed by atoms with E-state index in [1.54, 1.807) is 0 Å². The predicted octanol–water partition coefficient (Wildman–Crippen LogP) is 14.0. The van der Waals surface area contributed by atoms with Crippen molar-refractivity contribution in [1.82, 2.24) is 9.13 Å². The van der Waals surface area contributed by atoms with Crippen LogP contribution in [0.4, 0.5) is 0 Å². The summed E-state index contributed by atoms with van der Waals surface area (Å²) in [6, 6.07) is 75.2. The van der Waals surface area contributed by atoms with E-state index in [9.17, 15) is 0 Å². The molecular formula is C52H34N2. The van der Waals surface area contributed by atoms with E-state index in [-0.39, 0.29) is 0 Å². The number of rotatable bonds is 5. The zero-order valence-electron chi connectivity index (χ0n) is 29.5. The Morgan fingerprint density at radius 2 is 0.870 bits per heavy atom. The summed E-state index contributed by atoms with van der Waals surface area (Å²) in [7, 11) is 0. The summed E-state index contributed by atoms with van der Waals surface area (Å²) < 4.78 is 4.95. The molecule has 0 saturated heterocycles. The lowest BCUT2D eigenvalue weighted by atomic mass is 9.92. The van der Waals surface area contributed by atoms with Gasteiger partial charge in [0.25, 0.3) is 0 Å². The smallest absolute Gasteiger partial charge is 0.0619 e. The second-order valence-electron chi connectivity index (χ2n) is 14.1. The van der Waals surface area contributed by atoms with E-state index in [0.29, 0.717) is 0 Å². The number of hydrogen-bond acceptors (Lipinski definition) is 0. The molecule has 0 fully saturated rings. The summed E-state index contributed by atoms with van der Waals surface area (Å²) in [5.41, 5.74) is 14.4. The molecule has 2 nitrogen and oxygen atoms in total. The molecule has 0 N–H and O–H groups in total. The molecule has 0 atom stereocenters. The minimum absolute atomic E-state index is 1.15. The van der Waals surface area contributed by atoms with Gasteiger partial charge in [-0.3, -0.25) is 0 Å². The maximum Gasteiger partial charge on any atom is 0.0619 e. The van der Waals surface area contributed by atoms with Crippen LogP contribution >= 0.6 is 0 Å². The van der Waals surface area contributed by atoms with Crippen molar-refractivity contribution < 1.29 is 0 Å². The molecule has 11 aromatic rings. The molecule has 2 aromatic heterocycles. The van der Waals surface area contributed by atoms with E-state index in [4.69, 9.17) is 0 Å². The van der Waals surface area contributed by atoms with Gasteiger partial charge in [0.15, 0.2) is 0 Å². The second kappa shape index (κ2) is 12.2. The van der Waals surface area contributed by atoms with Gasteiger partial charge in [0, 0.05) is 43.7 Å². The van der Waals surface area contributed by atoms with Crippen LogP contribution in [-0.4, -0.2) is 9.13 Å². The normalized spacial score (nSPS) is 11.7. The Morgan fingerprint density at radius 1 is 0.278 bits per heavy atom. The number of hydrogen-bond donors (Lipinski definition) is 0. The highest BCUT2D eigenvalue weighted by atomic mass is 15.0. The largest absolute Gasteiger partial charge is 0.309 e. The van der Waals surface area contributed by atoms with Crippen molar-refractivity contribution in [3.8, 4) is 44.8 Å². The molecule has 252 valence electrons. The van der Waals surface area contributed by atoms with Gasteiger partial charge in [-0.2, -0.15) is 0 Å². The minimum Gasteiger partial charge on any atom is -0.309 e. The molecule has 2 heteroatoms. The van der Waals surface area contributed by atoms with Crippen molar-refractivity contribution in [2.75, 3.05) is 0 Å². The molecule has 0 aliphatic rings. The third-order valence-electron chi connectivity index (χ3n) is 11.1. The highest BCUT2D eigenvalue weighted by Gasteiger charge is 2.22. The Kier molecular flexibility index (Phi) is 6.90. The van der Waals surface area contributed by atoms with E-state index in [1.165, 1.54) is 87.8 Å². The van der Waals surface area contributed by atoms with Crippen LogP contribution < -0.4 is 0 Å². The molecule has 0 aliphatic heterocycles. The Labute approximate surface area is 313 Å². The van der Waals surface area contributed by atoms with Crippen LogP contribution in [-0.2, 0) is 0 Å². The van der Waals surface area contributed by atoms with E-state index in [2.05, 4.69) is 215 Å². The first-order chi connectivity index (χ1) is 26.8. The fourth-order valence-electron chi connectivity index (χ4n) is 8.77. The van der Waals surface area contributed by atoms with Gasteiger partial charge in [-0.25, -0.2) is 0 Å². The van der Waals surface area contributed by atoms with E-state index in [1.807, 2.05) is 0 Å². The van der Waals surface area contributed by atoms with E-state index in [0.717, 1.165) is 11.4 Å². The molecule has 0 saturated carbocycles. The fourth-order valence-corrected chi connectivity index (χ4v) is 8.77. The van der Waals surface area contributed by atoms with Gasteiger partial charge < -0.3 is 9.13 Å². The Bertz CT molecular complexity index is 3200. The SMILES string of the molecule is c1ccc(-c2ccc3c(c2)c2ccccc2n3-c2ccccc2-c2ccccc2-c2cccc3c4ccc5ccccc5c4n(-c4ccccc4)c23)cc1. The number of para-hydroxylation sites is 4. The number of benzene rings is 9. The van der Waals surface area contributed by atoms with Crippen LogP contribution in [0.2, 0.25) is 0 Å². The number of fused-ring (bicyclic) bond motifs is 8. The van der Waals surface area contributed by atoms with Crippen molar-refractivity contribution in [3.63, 3.8) is 0 Å². The van der Waals surface area contributed by atoms with Crippen molar-refractivity contribution in [1.29, 1.82) is 0 Å². The molecule has 0 amide bonds. The van der Waals surface area contributed by atoms with Crippen LogP contribution in [0.15, 0.2) is 206 Å². The highest BCUT2D eigenvalue weighted by molar-refractivity contribution is 6.21. The second-order valence-corrected chi connectivity index (χ2v) is 14.1. The lowest BCUT2D eigenvalue weighted by Crippen LogP contribution is -1.99. The van der Waals surface area contributed by atoms with Crippen molar-refractivity contribution in [2.24, 2.45) is 0 Å². The van der Waals surface area contributed by atoms with Gasteiger partial charge in [-0.05, 0) is 64.0 Å². The zero-order chi connectivity index (χ0) is 35.6. The van der Waals surface area contributed by atoms with E-state index >= 15 is 0 Å². The average molecular weight is 687 g/mol. The number of nitrogens with zero attached hydrogens (tertiary/aromatic N) is 2. The monoisotopic (exact) mass is 686 g/mol. The first kappa shape index (κ1) is 30.5. The van der Waals surface area contributed by atoms with Gasteiger partial charge in [-0.1, -0.05) is 170 Å². The molecular weight excluding hydrogens is 653 g/mol. The topological polar surface area (TPSA) is 9.86 Å². The molecule has 11 rings (SSSR count). The van der Waals surface area contributed by atoms with Crippen molar-refractivity contribution in [2.45, 2.75) is 0 Å². The lowest BCUT2D eigenvalue weighted by Gasteiger charge is -2.18. The average Bonchev–Trinajstić information content (AvgIpc) is 3.77. The third kappa shape index (κ3) is 4.60. The van der Waals surface area contributed by atoms with Crippen molar-refractivity contribution in [3.05, 3.63) is 206 Å². The Morgan fingerprint density at radius 3 is 1.70 bits per heavy atom. The minimum atomic E-state index is 1.15. The summed E-state index contributed by atoms with van der Waals surface area (Å²) in [5, 5.41) is 7.49. The van der Waals surface area contributed by atoms with Crippen LogP contribution in [0.3, 0.4) is 0 Å². The first-order valence-electron chi connectivity index (χ1n) is 18.6. The summed E-state index contributed by atoms with van der Waals surface area (Å²) in [6.07, 6.45) is 0. The molecule has 0 aliphatic carbocycles. The summed E-state index contributed by atoms with van der Waals surface area (Å²) >= 11 is 0. The molecule has 2 heterocycles. The molecule has 0 bridgehead atoms. The summed E-state index contributed by atoms with van der Waals surface area (Å²) in [4.78, 5) is 0. The van der Waals surface area contributed by atoms with E-state index < -0.39 is 0 Å². The molecule has 0 radical (unpaired) electrons. The maximum atomic E-state index is 2.49. The Hall–Kier alpha value is -7.16. The summed E-state index contributed by atoms with van der Waals surface area (Å²) in [6.45, 7) is 0. The van der Waals surface area contributed by atoms with Gasteiger partial charge >= 0.3 is 0 Å².